The zero-order valence-corrected chi connectivity index (χ0v) is 9.68. The molecule has 0 aliphatic carbocycles. The predicted molar refractivity (Wildman–Crippen MR) is 59.4 cm³/mol. The Labute approximate surface area is 86.7 Å². The van der Waals surface area contributed by atoms with Gasteiger partial charge in [0.05, 0.1) is 0 Å². The molecule has 1 aromatic rings. The molecule has 2 nitrogen and oxygen atoms in total. The Morgan fingerprint density at radius 2 is 1.93 bits per heavy atom. The van der Waals surface area contributed by atoms with Gasteiger partial charge in [-0.2, -0.15) is 0 Å². The smallest absolute Gasteiger partial charge is 0.105 e. The van der Waals surface area contributed by atoms with Gasteiger partial charge in [-0.25, -0.2) is 0 Å². The highest BCUT2D eigenvalue weighted by Crippen LogP contribution is 2.13. The molecule has 0 radical (unpaired) electrons. The molecule has 0 atom stereocenters. The van der Waals surface area contributed by atoms with Crippen molar-refractivity contribution in [3.8, 4) is 0 Å². The Hall–Kier alpha value is -0.760. The molecule has 0 saturated heterocycles. The van der Waals surface area contributed by atoms with Gasteiger partial charge in [-0.1, -0.05) is 13.8 Å². The molecule has 1 N–H and O–H groups in total. The molecule has 0 aromatic carbocycles. The van der Waals surface area contributed by atoms with Crippen LogP contribution in [0.25, 0.3) is 0 Å². The van der Waals surface area contributed by atoms with Crippen molar-refractivity contribution in [2.75, 3.05) is 0 Å². The van der Waals surface area contributed by atoms with Crippen LogP contribution in [-0.4, -0.2) is 6.04 Å². The quantitative estimate of drug-likeness (QED) is 0.780. The molecular formula is C12H21NO. The lowest BCUT2D eigenvalue weighted by atomic mass is 10.1. The van der Waals surface area contributed by atoms with E-state index in [1.54, 1.807) is 0 Å². The summed E-state index contributed by atoms with van der Waals surface area (Å²) < 4.78 is 5.47. The van der Waals surface area contributed by atoms with Gasteiger partial charge in [0.15, 0.2) is 0 Å². The molecule has 14 heavy (non-hydrogen) atoms. The third kappa shape index (κ3) is 2.88. The summed E-state index contributed by atoms with van der Waals surface area (Å²) >= 11 is 0. The van der Waals surface area contributed by atoms with E-state index in [1.807, 2.05) is 13.8 Å². The van der Waals surface area contributed by atoms with Crippen LogP contribution in [-0.2, 0) is 6.54 Å². The minimum Gasteiger partial charge on any atom is -0.466 e. The zero-order valence-electron chi connectivity index (χ0n) is 9.68. The third-order valence-electron chi connectivity index (χ3n) is 2.71. The summed E-state index contributed by atoms with van der Waals surface area (Å²) in [4.78, 5) is 0. The highest BCUT2D eigenvalue weighted by Gasteiger charge is 2.06. The maximum atomic E-state index is 5.47. The highest BCUT2D eigenvalue weighted by atomic mass is 16.3. The Morgan fingerprint density at radius 3 is 2.36 bits per heavy atom. The molecule has 0 saturated carbocycles. The number of hydrogen-bond acceptors (Lipinski definition) is 2. The molecule has 1 rings (SSSR count). The minimum absolute atomic E-state index is 0.629. The second-order valence-corrected chi connectivity index (χ2v) is 3.83. The molecular weight excluding hydrogens is 174 g/mol. The molecule has 0 amide bonds. The average Bonchev–Trinajstić information content (AvgIpc) is 2.47. The van der Waals surface area contributed by atoms with Gasteiger partial charge in [0.25, 0.3) is 0 Å². The molecule has 0 fully saturated rings. The largest absolute Gasteiger partial charge is 0.466 e. The van der Waals surface area contributed by atoms with Crippen molar-refractivity contribution in [1.82, 2.24) is 5.32 Å². The van der Waals surface area contributed by atoms with Crippen molar-refractivity contribution in [1.29, 1.82) is 0 Å². The van der Waals surface area contributed by atoms with Crippen molar-refractivity contribution >= 4 is 0 Å². The Balaban J connectivity index is 2.48. The second-order valence-electron chi connectivity index (χ2n) is 3.83. The maximum Gasteiger partial charge on any atom is 0.105 e. The van der Waals surface area contributed by atoms with Gasteiger partial charge in [-0.05, 0) is 32.8 Å². The van der Waals surface area contributed by atoms with Gasteiger partial charge < -0.3 is 9.73 Å². The molecule has 1 heterocycles. The lowest BCUT2D eigenvalue weighted by Crippen LogP contribution is -2.27. The van der Waals surface area contributed by atoms with E-state index in [9.17, 15) is 0 Å². The molecule has 0 bridgehead atoms. The lowest BCUT2D eigenvalue weighted by Gasteiger charge is -2.13. The van der Waals surface area contributed by atoms with Crippen LogP contribution in [0.5, 0.6) is 0 Å². The summed E-state index contributed by atoms with van der Waals surface area (Å²) in [7, 11) is 0. The van der Waals surface area contributed by atoms with E-state index in [0.29, 0.717) is 6.04 Å². The fourth-order valence-corrected chi connectivity index (χ4v) is 1.69. The normalized spacial score (nSPS) is 11.2. The van der Waals surface area contributed by atoms with Crippen molar-refractivity contribution in [2.24, 2.45) is 0 Å². The van der Waals surface area contributed by atoms with E-state index in [4.69, 9.17) is 4.42 Å². The first-order valence-electron chi connectivity index (χ1n) is 5.46. The number of rotatable bonds is 5. The lowest BCUT2D eigenvalue weighted by molar-refractivity contribution is 0.471. The topological polar surface area (TPSA) is 25.2 Å². The predicted octanol–water partition coefficient (Wildman–Crippen LogP) is 3.17. The van der Waals surface area contributed by atoms with Crippen LogP contribution >= 0.6 is 0 Å². The third-order valence-corrected chi connectivity index (χ3v) is 2.71. The van der Waals surface area contributed by atoms with E-state index in [0.717, 1.165) is 18.1 Å². The summed E-state index contributed by atoms with van der Waals surface area (Å²) in [6, 6.07) is 2.75. The highest BCUT2D eigenvalue weighted by molar-refractivity contribution is 5.19. The number of nitrogens with one attached hydrogen (secondary N) is 1. The number of hydrogen-bond donors (Lipinski definition) is 1. The second kappa shape index (κ2) is 5.20. The molecule has 0 unspecified atom stereocenters. The maximum absolute atomic E-state index is 5.47. The Morgan fingerprint density at radius 1 is 1.29 bits per heavy atom. The SMILES string of the molecule is CCC(CC)NCc1cc(C)oc1C. The van der Waals surface area contributed by atoms with E-state index in [-0.39, 0.29) is 0 Å². The van der Waals surface area contributed by atoms with Crippen molar-refractivity contribution in [3.63, 3.8) is 0 Å². The standard InChI is InChI=1S/C12H21NO/c1-5-12(6-2)13-8-11-7-9(3)14-10(11)4/h7,12-13H,5-6,8H2,1-4H3. The zero-order chi connectivity index (χ0) is 10.6. The molecule has 0 spiro atoms. The first-order chi connectivity index (χ1) is 6.67. The Kier molecular flexibility index (Phi) is 4.21. The summed E-state index contributed by atoms with van der Waals surface area (Å²) in [5.74, 6) is 2.05. The first kappa shape index (κ1) is 11.3. The molecule has 2 heteroatoms. The van der Waals surface area contributed by atoms with Crippen molar-refractivity contribution < 1.29 is 4.42 Å². The molecule has 1 aromatic heterocycles. The summed E-state index contributed by atoms with van der Waals surface area (Å²) in [5.41, 5.74) is 1.29. The van der Waals surface area contributed by atoms with Crippen LogP contribution in [0.15, 0.2) is 10.5 Å². The van der Waals surface area contributed by atoms with Crippen LogP contribution in [0.4, 0.5) is 0 Å². The molecule has 0 aliphatic rings. The van der Waals surface area contributed by atoms with Crippen LogP contribution < -0.4 is 5.32 Å². The van der Waals surface area contributed by atoms with E-state index < -0.39 is 0 Å². The number of furan rings is 1. The fourth-order valence-electron chi connectivity index (χ4n) is 1.69. The summed E-state index contributed by atoms with van der Waals surface area (Å²) in [6.07, 6.45) is 2.37. The van der Waals surface area contributed by atoms with Crippen molar-refractivity contribution in [3.05, 3.63) is 23.2 Å². The van der Waals surface area contributed by atoms with E-state index in [1.165, 1.54) is 18.4 Å². The van der Waals surface area contributed by atoms with Gasteiger partial charge in [0.2, 0.25) is 0 Å². The van der Waals surface area contributed by atoms with Gasteiger partial charge in [0.1, 0.15) is 11.5 Å². The van der Waals surface area contributed by atoms with E-state index >= 15 is 0 Å². The van der Waals surface area contributed by atoms with Crippen molar-refractivity contribution in [2.45, 2.75) is 53.1 Å². The van der Waals surface area contributed by atoms with Crippen LogP contribution in [0.1, 0.15) is 43.8 Å². The van der Waals surface area contributed by atoms with Gasteiger partial charge >= 0.3 is 0 Å². The summed E-state index contributed by atoms with van der Waals surface area (Å²) in [5, 5.41) is 3.53. The van der Waals surface area contributed by atoms with Crippen LogP contribution in [0, 0.1) is 13.8 Å². The molecule has 80 valence electrons. The van der Waals surface area contributed by atoms with Crippen LogP contribution in [0.2, 0.25) is 0 Å². The van der Waals surface area contributed by atoms with E-state index in [2.05, 4.69) is 25.2 Å². The summed E-state index contributed by atoms with van der Waals surface area (Å²) in [6.45, 7) is 9.38. The fraction of sp³-hybridized carbons (Fsp3) is 0.667. The van der Waals surface area contributed by atoms with Gasteiger partial charge in [0, 0.05) is 18.2 Å². The van der Waals surface area contributed by atoms with Crippen LogP contribution in [0.3, 0.4) is 0 Å². The van der Waals surface area contributed by atoms with Gasteiger partial charge in [-0.15, -0.1) is 0 Å². The Bertz CT molecular complexity index is 274. The first-order valence-corrected chi connectivity index (χ1v) is 5.46. The van der Waals surface area contributed by atoms with Gasteiger partial charge in [-0.3, -0.25) is 0 Å². The average molecular weight is 195 g/mol. The number of aryl methyl sites for hydroxylation is 2. The monoisotopic (exact) mass is 195 g/mol. The molecule has 0 aliphatic heterocycles. The minimum atomic E-state index is 0.629.